The van der Waals surface area contributed by atoms with Gasteiger partial charge < -0.3 is 5.32 Å². The number of rotatable bonds is 3. The third-order valence-electron chi connectivity index (χ3n) is 3.24. The minimum atomic E-state index is -0.968. The number of nitriles is 1. The lowest BCUT2D eigenvalue weighted by atomic mass is 10.0. The van der Waals surface area contributed by atoms with Crippen LogP contribution in [0.15, 0.2) is 60.9 Å². The van der Waals surface area contributed by atoms with Crippen molar-refractivity contribution in [3.63, 3.8) is 0 Å². The molecule has 0 aliphatic carbocycles. The predicted octanol–water partition coefficient (Wildman–Crippen LogP) is 2.88. The molecule has 2 heterocycles. The van der Waals surface area contributed by atoms with Crippen molar-refractivity contribution >= 4 is 22.5 Å². The molecule has 1 atom stereocenters. The van der Waals surface area contributed by atoms with Crippen molar-refractivity contribution in [1.29, 1.82) is 5.26 Å². The van der Waals surface area contributed by atoms with E-state index in [1.165, 1.54) is 6.20 Å². The molecule has 3 aromatic rings. The van der Waals surface area contributed by atoms with Crippen molar-refractivity contribution in [2.45, 2.75) is 5.92 Å². The molecule has 1 N–H and O–H groups in total. The Hall–Kier alpha value is -3.26. The number of hydrogen-bond acceptors (Lipinski definition) is 4. The summed E-state index contributed by atoms with van der Waals surface area (Å²) >= 11 is 0. The molecule has 1 aromatic carbocycles. The molecular formula is C17H12N4O. The number of carbonyl (C=O) groups is 1. The Kier molecular flexibility index (Phi) is 3.75. The van der Waals surface area contributed by atoms with E-state index in [4.69, 9.17) is 0 Å². The average molecular weight is 288 g/mol. The summed E-state index contributed by atoms with van der Waals surface area (Å²) in [5, 5.41) is 13.0. The number of pyridine rings is 2. The van der Waals surface area contributed by atoms with Gasteiger partial charge in [-0.25, -0.2) is 0 Å². The van der Waals surface area contributed by atoms with Gasteiger partial charge in [-0.3, -0.25) is 14.8 Å². The molecule has 22 heavy (non-hydrogen) atoms. The van der Waals surface area contributed by atoms with Crippen LogP contribution < -0.4 is 5.32 Å². The zero-order valence-corrected chi connectivity index (χ0v) is 11.6. The fourth-order valence-electron chi connectivity index (χ4n) is 2.15. The number of hydrogen-bond donors (Lipinski definition) is 1. The number of fused-ring (bicyclic) bond motifs is 1. The highest BCUT2D eigenvalue weighted by Gasteiger charge is 2.22. The van der Waals surface area contributed by atoms with Crippen LogP contribution in [0.2, 0.25) is 0 Å². The van der Waals surface area contributed by atoms with Gasteiger partial charge in [0, 0.05) is 11.6 Å². The molecule has 1 amide bonds. The molecule has 106 valence electrons. The van der Waals surface area contributed by atoms with Crippen molar-refractivity contribution in [3.8, 4) is 6.07 Å². The van der Waals surface area contributed by atoms with Crippen LogP contribution in [0.5, 0.6) is 0 Å². The Bertz CT molecular complexity index is 855. The monoisotopic (exact) mass is 288 g/mol. The summed E-state index contributed by atoms with van der Waals surface area (Å²) in [6.07, 6.45) is 3.14. The smallest absolute Gasteiger partial charge is 0.247 e. The summed E-state index contributed by atoms with van der Waals surface area (Å²) in [7, 11) is 0. The quantitative estimate of drug-likeness (QED) is 0.803. The van der Waals surface area contributed by atoms with Crippen molar-refractivity contribution in [2.24, 2.45) is 0 Å². The van der Waals surface area contributed by atoms with Crippen molar-refractivity contribution < 1.29 is 4.79 Å². The molecule has 2 aromatic heterocycles. The molecule has 0 unspecified atom stereocenters. The molecule has 0 aliphatic heterocycles. The maximum atomic E-state index is 12.3. The first kappa shape index (κ1) is 13.7. The van der Waals surface area contributed by atoms with Crippen LogP contribution in [0.4, 0.5) is 5.69 Å². The highest BCUT2D eigenvalue weighted by molar-refractivity contribution is 5.97. The van der Waals surface area contributed by atoms with Gasteiger partial charge in [0.1, 0.15) is 0 Å². The molecule has 0 spiro atoms. The van der Waals surface area contributed by atoms with Gasteiger partial charge in [0.15, 0.2) is 5.92 Å². The summed E-state index contributed by atoms with van der Waals surface area (Å²) in [5.41, 5.74) is 1.74. The van der Waals surface area contributed by atoms with Gasteiger partial charge in [0.25, 0.3) is 0 Å². The van der Waals surface area contributed by atoms with E-state index >= 15 is 0 Å². The van der Waals surface area contributed by atoms with Crippen molar-refractivity contribution in [3.05, 3.63) is 66.6 Å². The highest BCUT2D eigenvalue weighted by atomic mass is 16.1. The molecule has 0 radical (unpaired) electrons. The molecule has 3 rings (SSSR count). The van der Waals surface area contributed by atoms with Gasteiger partial charge in [-0.2, -0.15) is 5.26 Å². The van der Waals surface area contributed by atoms with Crippen LogP contribution >= 0.6 is 0 Å². The minimum Gasteiger partial charge on any atom is -0.323 e. The predicted molar refractivity (Wildman–Crippen MR) is 83.0 cm³/mol. The van der Waals surface area contributed by atoms with E-state index in [2.05, 4.69) is 15.3 Å². The van der Waals surface area contributed by atoms with Crippen LogP contribution in [0.3, 0.4) is 0 Å². The Morgan fingerprint density at radius 2 is 2.00 bits per heavy atom. The number of para-hydroxylation sites is 1. The van der Waals surface area contributed by atoms with Gasteiger partial charge in [-0.1, -0.05) is 24.3 Å². The van der Waals surface area contributed by atoms with E-state index in [-0.39, 0.29) is 0 Å². The summed E-state index contributed by atoms with van der Waals surface area (Å²) in [4.78, 5) is 20.6. The lowest BCUT2D eigenvalue weighted by molar-refractivity contribution is -0.116. The van der Waals surface area contributed by atoms with Crippen LogP contribution in [0.25, 0.3) is 10.9 Å². The Labute approximate surface area is 127 Å². The zero-order valence-electron chi connectivity index (χ0n) is 11.6. The normalized spacial score (nSPS) is 11.6. The molecule has 0 saturated carbocycles. The number of nitrogens with zero attached hydrogens (tertiary/aromatic N) is 3. The zero-order chi connectivity index (χ0) is 15.4. The largest absolute Gasteiger partial charge is 0.323 e. The van der Waals surface area contributed by atoms with Crippen molar-refractivity contribution in [2.75, 3.05) is 5.32 Å². The van der Waals surface area contributed by atoms with Crippen LogP contribution in [-0.2, 0) is 4.79 Å². The SMILES string of the molecule is N#C[C@H](C(=O)Nc1cccnc1)c1ccc2ccccc2n1. The molecule has 0 aliphatic rings. The maximum absolute atomic E-state index is 12.3. The lowest BCUT2D eigenvalue weighted by Gasteiger charge is -2.10. The van der Waals surface area contributed by atoms with Gasteiger partial charge in [-0.05, 0) is 24.3 Å². The average Bonchev–Trinajstić information content (AvgIpc) is 2.56. The van der Waals surface area contributed by atoms with Crippen LogP contribution in [-0.4, -0.2) is 15.9 Å². The van der Waals surface area contributed by atoms with E-state index in [9.17, 15) is 10.1 Å². The molecule has 0 bridgehead atoms. The number of carbonyl (C=O) groups excluding carboxylic acids is 1. The van der Waals surface area contributed by atoms with E-state index in [0.717, 1.165) is 10.9 Å². The molecule has 5 nitrogen and oxygen atoms in total. The number of aromatic nitrogens is 2. The Morgan fingerprint density at radius 3 is 2.77 bits per heavy atom. The second kappa shape index (κ2) is 6.02. The Morgan fingerprint density at radius 1 is 1.14 bits per heavy atom. The van der Waals surface area contributed by atoms with E-state index < -0.39 is 11.8 Å². The highest BCUT2D eigenvalue weighted by Crippen LogP contribution is 2.19. The third-order valence-corrected chi connectivity index (χ3v) is 3.24. The molecular weight excluding hydrogens is 276 g/mol. The second-order valence-corrected chi connectivity index (χ2v) is 4.72. The second-order valence-electron chi connectivity index (χ2n) is 4.72. The molecule has 0 saturated heterocycles. The first-order valence-electron chi connectivity index (χ1n) is 6.74. The van der Waals surface area contributed by atoms with Crippen molar-refractivity contribution in [1.82, 2.24) is 9.97 Å². The number of amides is 1. The summed E-state index contributed by atoms with van der Waals surface area (Å²) < 4.78 is 0. The summed E-state index contributed by atoms with van der Waals surface area (Å²) in [6.45, 7) is 0. The lowest BCUT2D eigenvalue weighted by Crippen LogP contribution is -2.20. The minimum absolute atomic E-state index is 0.418. The fourth-order valence-corrected chi connectivity index (χ4v) is 2.15. The van der Waals surface area contributed by atoms with Gasteiger partial charge in [0.2, 0.25) is 5.91 Å². The van der Waals surface area contributed by atoms with E-state index in [1.54, 1.807) is 24.4 Å². The van der Waals surface area contributed by atoms with Crippen LogP contribution in [0, 0.1) is 11.3 Å². The standard InChI is InChI=1S/C17H12N4O/c18-10-14(17(22)20-13-5-3-9-19-11-13)16-8-7-12-4-1-2-6-15(12)21-16/h1-9,11,14H,(H,20,22)/t14-/m0/s1. The number of anilines is 1. The van der Waals surface area contributed by atoms with Crippen LogP contribution in [0.1, 0.15) is 11.6 Å². The molecule has 0 fully saturated rings. The van der Waals surface area contributed by atoms with Gasteiger partial charge >= 0.3 is 0 Å². The van der Waals surface area contributed by atoms with E-state index in [0.29, 0.717) is 11.4 Å². The number of nitrogens with one attached hydrogen (secondary N) is 1. The van der Waals surface area contributed by atoms with Gasteiger partial charge in [0.05, 0.1) is 29.2 Å². The maximum Gasteiger partial charge on any atom is 0.247 e. The fraction of sp³-hybridized carbons (Fsp3) is 0.0588. The Balaban J connectivity index is 1.89. The first-order valence-corrected chi connectivity index (χ1v) is 6.74. The van der Waals surface area contributed by atoms with E-state index in [1.807, 2.05) is 36.4 Å². The number of benzene rings is 1. The third kappa shape index (κ3) is 2.76. The topological polar surface area (TPSA) is 78.7 Å². The van der Waals surface area contributed by atoms with Gasteiger partial charge in [-0.15, -0.1) is 0 Å². The summed E-state index contributed by atoms with van der Waals surface area (Å²) in [6, 6.07) is 16.6. The summed E-state index contributed by atoms with van der Waals surface area (Å²) in [5.74, 6) is -1.39. The first-order chi connectivity index (χ1) is 10.8. The molecule has 5 heteroatoms.